The van der Waals surface area contributed by atoms with E-state index < -0.39 is 6.03 Å². The first kappa shape index (κ1) is 8.95. The number of carbonyl (C=O) groups is 1. The quantitative estimate of drug-likeness (QED) is 0.678. The van der Waals surface area contributed by atoms with Crippen molar-refractivity contribution in [3.63, 3.8) is 0 Å². The van der Waals surface area contributed by atoms with Gasteiger partial charge in [-0.15, -0.1) is 11.3 Å². The van der Waals surface area contributed by atoms with E-state index in [2.05, 4.69) is 4.98 Å². The highest BCUT2D eigenvalue weighted by Gasteiger charge is 1.98. The van der Waals surface area contributed by atoms with Crippen molar-refractivity contribution in [1.82, 2.24) is 10.5 Å². The van der Waals surface area contributed by atoms with Crippen molar-refractivity contribution in [1.29, 1.82) is 0 Å². The minimum atomic E-state index is -0.698. The van der Waals surface area contributed by atoms with Crippen LogP contribution in [-0.4, -0.2) is 11.0 Å². The van der Waals surface area contributed by atoms with Gasteiger partial charge in [-0.05, 0) is 6.92 Å². The molecular weight excluding hydrogens is 178 g/mol. The fourth-order valence-electron chi connectivity index (χ4n) is 0.650. The molecule has 0 unspecified atom stereocenters. The monoisotopic (exact) mass is 187 g/mol. The summed E-state index contributed by atoms with van der Waals surface area (Å²) in [6.45, 7) is 2.20. The fraction of sp³-hybridized carbons (Fsp3) is 0.333. The smallest absolute Gasteiger partial charge is 0.336 e. The molecule has 0 saturated carbocycles. The zero-order valence-electron chi connectivity index (χ0n) is 6.53. The van der Waals surface area contributed by atoms with Gasteiger partial charge in [-0.3, -0.25) is 4.84 Å². The highest BCUT2D eigenvalue weighted by atomic mass is 32.1. The largest absolute Gasteiger partial charge is 0.350 e. The number of hydrogen-bond donors (Lipinski definition) is 2. The van der Waals surface area contributed by atoms with Crippen molar-refractivity contribution >= 4 is 17.4 Å². The second-order valence-electron chi connectivity index (χ2n) is 2.10. The molecule has 0 atom stereocenters. The minimum Gasteiger partial charge on any atom is -0.350 e. The van der Waals surface area contributed by atoms with Crippen molar-refractivity contribution in [2.45, 2.75) is 13.5 Å². The molecule has 66 valence electrons. The Hall–Kier alpha value is -1.14. The number of aromatic nitrogens is 1. The van der Waals surface area contributed by atoms with Gasteiger partial charge < -0.3 is 5.73 Å². The molecule has 2 amide bonds. The van der Waals surface area contributed by atoms with E-state index in [1.165, 1.54) is 11.3 Å². The average molecular weight is 187 g/mol. The van der Waals surface area contributed by atoms with Crippen LogP contribution in [0.25, 0.3) is 0 Å². The van der Waals surface area contributed by atoms with Gasteiger partial charge in [-0.25, -0.2) is 15.3 Å². The Morgan fingerprint density at radius 1 is 1.92 bits per heavy atom. The molecule has 0 fully saturated rings. The molecule has 1 aromatic heterocycles. The lowest BCUT2D eigenvalue weighted by Gasteiger charge is -1.98. The maximum absolute atomic E-state index is 10.2. The van der Waals surface area contributed by atoms with Gasteiger partial charge in [0.2, 0.25) is 0 Å². The van der Waals surface area contributed by atoms with E-state index in [1.54, 1.807) is 6.20 Å². The first-order valence-electron chi connectivity index (χ1n) is 3.27. The highest BCUT2D eigenvalue weighted by Crippen LogP contribution is 2.11. The number of hydrogen-bond acceptors (Lipinski definition) is 4. The number of primary amides is 1. The Labute approximate surface area is 73.5 Å². The molecule has 0 spiro atoms. The highest BCUT2D eigenvalue weighted by molar-refractivity contribution is 7.11. The number of urea groups is 1. The number of rotatable bonds is 3. The van der Waals surface area contributed by atoms with Crippen LogP contribution in [-0.2, 0) is 11.4 Å². The Morgan fingerprint density at radius 2 is 2.67 bits per heavy atom. The van der Waals surface area contributed by atoms with Crippen molar-refractivity contribution in [3.05, 3.63) is 16.1 Å². The predicted octanol–water partition coefficient (Wildman–Crippen LogP) is 0.551. The maximum atomic E-state index is 10.2. The van der Waals surface area contributed by atoms with Gasteiger partial charge in [-0.1, -0.05) is 0 Å². The molecule has 1 aromatic rings. The zero-order valence-corrected chi connectivity index (χ0v) is 7.35. The van der Waals surface area contributed by atoms with E-state index in [0.29, 0.717) is 6.61 Å². The Balaban J connectivity index is 2.29. The normalized spacial score (nSPS) is 9.75. The lowest BCUT2D eigenvalue weighted by molar-refractivity contribution is 0.0536. The van der Waals surface area contributed by atoms with Crippen LogP contribution < -0.4 is 11.2 Å². The summed E-state index contributed by atoms with van der Waals surface area (Å²) < 4.78 is 0. The summed E-state index contributed by atoms with van der Waals surface area (Å²) in [7, 11) is 0. The Kier molecular flexibility index (Phi) is 3.01. The summed E-state index contributed by atoms with van der Waals surface area (Å²) in [5.41, 5.74) is 6.80. The molecule has 0 aliphatic heterocycles. The number of nitrogens with one attached hydrogen (secondary N) is 1. The van der Waals surface area contributed by atoms with Crippen LogP contribution in [0.15, 0.2) is 6.20 Å². The molecule has 3 N–H and O–H groups in total. The third-order valence-electron chi connectivity index (χ3n) is 1.06. The minimum absolute atomic E-state index is 0.300. The average Bonchev–Trinajstić information content (AvgIpc) is 2.35. The van der Waals surface area contributed by atoms with Crippen molar-refractivity contribution in [2.75, 3.05) is 0 Å². The number of amides is 2. The third-order valence-corrected chi connectivity index (χ3v) is 1.94. The first-order chi connectivity index (χ1) is 5.68. The summed E-state index contributed by atoms with van der Waals surface area (Å²) in [4.78, 5) is 19.9. The van der Waals surface area contributed by atoms with E-state index in [0.717, 1.165) is 9.88 Å². The number of nitrogens with two attached hydrogens (primary N) is 1. The van der Waals surface area contributed by atoms with E-state index in [4.69, 9.17) is 10.6 Å². The van der Waals surface area contributed by atoms with Crippen LogP contribution in [0.2, 0.25) is 0 Å². The number of aryl methyl sites for hydroxylation is 1. The van der Waals surface area contributed by atoms with Gasteiger partial charge >= 0.3 is 6.03 Å². The lowest BCUT2D eigenvalue weighted by atomic mass is 10.6. The zero-order chi connectivity index (χ0) is 8.97. The fourth-order valence-corrected chi connectivity index (χ4v) is 1.36. The second kappa shape index (κ2) is 4.03. The summed E-state index contributed by atoms with van der Waals surface area (Å²) in [5, 5.41) is 0.965. The topological polar surface area (TPSA) is 77.2 Å². The molecule has 1 heterocycles. The number of hydroxylamine groups is 1. The van der Waals surface area contributed by atoms with Crippen molar-refractivity contribution < 1.29 is 9.63 Å². The van der Waals surface area contributed by atoms with Crippen molar-refractivity contribution in [3.8, 4) is 0 Å². The Bertz CT molecular complexity index is 274. The van der Waals surface area contributed by atoms with Crippen LogP contribution in [0.3, 0.4) is 0 Å². The molecule has 0 aromatic carbocycles. The third kappa shape index (κ3) is 2.85. The number of nitrogens with zero attached hydrogens (tertiary/aromatic N) is 1. The van der Waals surface area contributed by atoms with Gasteiger partial charge in [0.25, 0.3) is 0 Å². The van der Waals surface area contributed by atoms with E-state index >= 15 is 0 Å². The molecule has 0 bridgehead atoms. The molecule has 1 rings (SSSR count). The van der Waals surface area contributed by atoms with Crippen molar-refractivity contribution in [2.24, 2.45) is 5.73 Å². The predicted molar refractivity (Wildman–Crippen MR) is 44.4 cm³/mol. The molecule has 12 heavy (non-hydrogen) atoms. The lowest BCUT2D eigenvalue weighted by Crippen LogP contribution is -2.29. The second-order valence-corrected chi connectivity index (χ2v) is 3.42. The van der Waals surface area contributed by atoms with E-state index in [9.17, 15) is 4.79 Å². The maximum Gasteiger partial charge on any atom is 0.336 e. The van der Waals surface area contributed by atoms with Gasteiger partial charge in [0.1, 0.15) is 6.61 Å². The standard InChI is InChI=1S/C6H9N3O2S/c1-4-8-2-5(12-4)3-11-9-6(7)10/h2H,3H2,1H3,(H3,7,9,10). The van der Waals surface area contributed by atoms with Crippen LogP contribution in [0.1, 0.15) is 9.88 Å². The molecule has 0 radical (unpaired) electrons. The molecule has 5 nitrogen and oxygen atoms in total. The summed E-state index contributed by atoms with van der Waals surface area (Å²) in [6.07, 6.45) is 1.70. The van der Waals surface area contributed by atoms with Gasteiger partial charge in [-0.2, -0.15) is 0 Å². The SMILES string of the molecule is Cc1ncc(CONC(N)=O)s1. The molecule has 6 heteroatoms. The summed E-state index contributed by atoms with van der Waals surface area (Å²) >= 11 is 1.51. The summed E-state index contributed by atoms with van der Waals surface area (Å²) in [5.74, 6) is 0. The molecule has 0 aliphatic rings. The van der Waals surface area contributed by atoms with Gasteiger partial charge in [0, 0.05) is 6.20 Å². The van der Waals surface area contributed by atoms with Crippen LogP contribution in [0.5, 0.6) is 0 Å². The molecule has 0 aliphatic carbocycles. The van der Waals surface area contributed by atoms with E-state index in [-0.39, 0.29) is 0 Å². The van der Waals surface area contributed by atoms with Crippen LogP contribution in [0, 0.1) is 6.92 Å². The number of thiazole rings is 1. The van der Waals surface area contributed by atoms with Gasteiger partial charge in [0.05, 0.1) is 9.88 Å². The van der Waals surface area contributed by atoms with E-state index in [1.807, 2.05) is 12.4 Å². The van der Waals surface area contributed by atoms with Crippen LogP contribution in [0.4, 0.5) is 4.79 Å². The number of carbonyl (C=O) groups excluding carboxylic acids is 1. The summed E-state index contributed by atoms with van der Waals surface area (Å²) in [6, 6.07) is -0.698. The van der Waals surface area contributed by atoms with Crippen LogP contribution >= 0.6 is 11.3 Å². The molecular formula is C6H9N3O2S. The molecule has 0 saturated heterocycles. The first-order valence-corrected chi connectivity index (χ1v) is 4.08. The Morgan fingerprint density at radius 3 is 3.17 bits per heavy atom. The van der Waals surface area contributed by atoms with Gasteiger partial charge in [0.15, 0.2) is 0 Å².